The topological polar surface area (TPSA) is 66.8 Å². The van der Waals surface area contributed by atoms with E-state index in [9.17, 15) is 27.9 Å². The fraction of sp³-hybridized carbons (Fsp3) is 0.579. The fourth-order valence-corrected chi connectivity index (χ4v) is 4.59. The maximum Gasteiger partial charge on any atom is 0.416 e. The van der Waals surface area contributed by atoms with Crippen LogP contribution in [0.4, 0.5) is 13.2 Å². The lowest BCUT2D eigenvalue weighted by Crippen LogP contribution is -2.45. The number of carbonyl (C=O) groups is 2. The zero-order valence-electron chi connectivity index (χ0n) is 14.5. The van der Waals surface area contributed by atoms with Crippen molar-refractivity contribution in [2.24, 2.45) is 17.3 Å². The second-order valence-electron chi connectivity index (χ2n) is 7.74. The first-order chi connectivity index (χ1) is 12.7. The maximum absolute atomic E-state index is 13.2. The molecule has 1 N–H and O–H groups in total. The summed E-state index contributed by atoms with van der Waals surface area (Å²) in [7, 11) is 0. The van der Waals surface area contributed by atoms with E-state index in [1.807, 2.05) is 0 Å². The number of ether oxygens (including phenoxy) is 1. The van der Waals surface area contributed by atoms with Gasteiger partial charge in [0.25, 0.3) is 0 Å². The number of aliphatic carboxylic acids is 1. The number of rotatable bonds is 3. The largest absolute Gasteiger partial charge is 0.481 e. The molecule has 1 saturated carbocycles. The highest BCUT2D eigenvalue weighted by atomic mass is 19.4. The van der Waals surface area contributed by atoms with E-state index in [-0.39, 0.29) is 30.5 Å². The van der Waals surface area contributed by atoms with Crippen molar-refractivity contribution in [2.45, 2.75) is 24.9 Å². The molecule has 3 fully saturated rings. The van der Waals surface area contributed by atoms with Crippen molar-refractivity contribution < 1.29 is 32.6 Å². The predicted molar refractivity (Wildman–Crippen MR) is 87.9 cm³/mol. The summed E-state index contributed by atoms with van der Waals surface area (Å²) in [6.07, 6.45) is -3.74. The summed E-state index contributed by atoms with van der Waals surface area (Å²) in [6, 6.07) is 5.35. The van der Waals surface area contributed by atoms with E-state index in [2.05, 4.69) is 0 Å². The van der Waals surface area contributed by atoms with Crippen molar-refractivity contribution in [3.05, 3.63) is 35.4 Å². The Morgan fingerprint density at radius 2 is 2.00 bits per heavy atom. The van der Waals surface area contributed by atoms with Gasteiger partial charge in [-0.15, -0.1) is 0 Å². The molecule has 2 aliphatic heterocycles. The Morgan fingerprint density at radius 3 is 2.67 bits per heavy atom. The minimum atomic E-state index is -4.46. The summed E-state index contributed by atoms with van der Waals surface area (Å²) in [5.74, 6) is -2.42. The molecule has 5 nitrogen and oxygen atoms in total. The molecular formula is C19H20F3NO4. The number of hydrogen-bond acceptors (Lipinski definition) is 3. The van der Waals surface area contributed by atoms with Gasteiger partial charge in [-0.1, -0.05) is 18.2 Å². The average Bonchev–Trinajstić information content (AvgIpc) is 3.32. The van der Waals surface area contributed by atoms with Crippen molar-refractivity contribution in [2.75, 3.05) is 26.3 Å². The Bertz CT molecular complexity index is 780. The molecule has 1 aliphatic carbocycles. The number of likely N-dealkylation sites (tertiary alicyclic amines) is 1. The van der Waals surface area contributed by atoms with Gasteiger partial charge in [0.15, 0.2) is 0 Å². The Kier molecular flexibility index (Phi) is 4.21. The van der Waals surface area contributed by atoms with Crippen LogP contribution in [0.5, 0.6) is 0 Å². The van der Waals surface area contributed by atoms with Crippen LogP contribution in [-0.4, -0.2) is 48.2 Å². The van der Waals surface area contributed by atoms with Crippen LogP contribution >= 0.6 is 0 Å². The number of alkyl halides is 3. The SMILES string of the molecule is O=C(C1CC1c1ccccc1C(F)(F)F)N1C[C@H]2COCC[C@@]2(C(=O)O)C1. The first kappa shape index (κ1) is 18.3. The number of amides is 1. The van der Waals surface area contributed by atoms with E-state index in [0.717, 1.165) is 6.07 Å². The van der Waals surface area contributed by atoms with Gasteiger partial charge >= 0.3 is 12.1 Å². The predicted octanol–water partition coefficient (Wildman–Crippen LogP) is 2.76. The Morgan fingerprint density at radius 1 is 1.26 bits per heavy atom. The van der Waals surface area contributed by atoms with Crippen molar-refractivity contribution in [1.29, 1.82) is 0 Å². The summed E-state index contributed by atoms with van der Waals surface area (Å²) < 4.78 is 45.1. The van der Waals surface area contributed by atoms with Crippen LogP contribution in [0.1, 0.15) is 29.9 Å². The van der Waals surface area contributed by atoms with Gasteiger partial charge in [-0.25, -0.2) is 0 Å². The van der Waals surface area contributed by atoms with Crippen LogP contribution in [0.25, 0.3) is 0 Å². The molecule has 0 aromatic heterocycles. The van der Waals surface area contributed by atoms with Gasteiger partial charge in [0.05, 0.1) is 17.6 Å². The molecule has 2 unspecified atom stereocenters. The van der Waals surface area contributed by atoms with Crippen LogP contribution in [0.15, 0.2) is 24.3 Å². The quantitative estimate of drug-likeness (QED) is 0.872. The lowest BCUT2D eigenvalue weighted by molar-refractivity contribution is -0.157. The summed E-state index contributed by atoms with van der Waals surface area (Å²) >= 11 is 0. The molecular weight excluding hydrogens is 363 g/mol. The van der Waals surface area contributed by atoms with E-state index in [1.54, 1.807) is 6.07 Å². The second-order valence-corrected chi connectivity index (χ2v) is 7.74. The molecule has 0 bridgehead atoms. The molecule has 4 atom stereocenters. The zero-order chi connectivity index (χ0) is 19.4. The van der Waals surface area contributed by atoms with Crippen molar-refractivity contribution in [3.63, 3.8) is 0 Å². The standard InChI is InChI=1S/C19H20F3NO4/c20-19(21,22)15-4-2-1-3-12(15)13-7-14(13)16(24)23-8-11-9-27-6-5-18(11,10-23)17(25)26/h1-4,11,13-14H,5-10H2,(H,25,26)/t11-,13?,14?,18+/m0/s1. The van der Waals surface area contributed by atoms with Crippen LogP contribution in [0.3, 0.4) is 0 Å². The lowest BCUT2D eigenvalue weighted by atomic mass is 9.74. The lowest BCUT2D eigenvalue weighted by Gasteiger charge is -2.33. The van der Waals surface area contributed by atoms with E-state index >= 15 is 0 Å². The van der Waals surface area contributed by atoms with Gasteiger partial charge in [0.2, 0.25) is 5.91 Å². The number of nitrogens with zero attached hydrogens (tertiary/aromatic N) is 1. The molecule has 0 spiro atoms. The van der Waals surface area contributed by atoms with Crippen LogP contribution in [0.2, 0.25) is 0 Å². The number of carbonyl (C=O) groups excluding carboxylic acids is 1. The normalized spacial score (nSPS) is 32.9. The summed E-state index contributed by atoms with van der Waals surface area (Å²) in [6.45, 7) is 1.03. The average molecular weight is 383 g/mol. The third-order valence-electron chi connectivity index (χ3n) is 6.22. The highest BCUT2D eigenvalue weighted by Crippen LogP contribution is 2.53. The fourth-order valence-electron chi connectivity index (χ4n) is 4.59. The van der Waals surface area contributed by atoms with Gasteiger partial charge < -0.3 is 14.7 Å². The molecule has 1 aromatic rings. The minimum Gasteiger partial charge on any atom is -0.481 e. The van der Waals surface area contributed by atoms with Gasteiger partial charge in [-0.3, -0.25) is 9.59 Å². The minimum absolute atomic E-state index is 0.110. The van der Waals surface area contributed by atoms with Gasteiger partial charge in [-0.05, 0) is 30.4 Å². The van der Waals surface area contributed by atoms with E-state index in [1.165, 1.54) is 17.0 Å². The van der Waals surface area contributed by atoms with Gasteiger partial charge in [0, 0.05) is 31.5 Å². The molecule has 2 heterocycles. The van der Waals surface area contributed by atoms with Gasteiger partial charge in [0.1, 0.15) is 0 Å². The summed E-state index contributed by atoms with van der Waals surface area (Å²) in [5.41, 5.74) is -1.55. The first-order valence-corrected chi connectivity index (χ1v) is 9.00. The number of benzene rings is 1. The second kappa shape index (κ2) is 6.22. The summed E-state index contributed by atoms with van der Waals surface area (Å²) in [4.78, 5) is 26.2. The number of halogens is 3. The molecule has 4 rings (SSSR count). The van der Waals surface area contributed by atoms with Crippen molar-refractivity contribution >= 4 is 11.9 Å². The smallest absolute Gasteiger partial charge is 0.416 e. The third kappa shape index (κ3) is 2.99. The van der Waals surface area contributed by atoms with Crippen molar-refractivity contribution in [3.8, 4) is 0 Å². The Balaban J connectivity index is 1.51. The number of fused-ring (bicyclic) bond motifs is 1. The number of carboxylic acids is 1. The highest BCUT2D eigenvalue weighted by Gasteiger charge is 2.57. The van der Waals surface area contributed by atoms with E-state index < -0.39 is 35.0 Å². The van der Waals surface area contributed by atoms with Crippen molar-refractivity contribution in [1.82, 2.24) is 4.90 Å². The van der Waals surface area contributed by atoms with E-state index in [0.29, 0.717) is 26.1 Å². The zero-order valence-corrected chi connectivity index (χ0v) is 14.5. The van der Waals surface area contributed by atoms with Crippen LogP contribution in [0, 0.1) is 17.3 Å². The highest BCUT2D eigenvalue weighted by molar-refractivity contribution is 5.85. The third-order valence-corrected chi connectivity index (χ3v) is 6.22. The molecule has 1 amide bonds. The van der Waals surface area contributed by atoms with Crippen LogP contribution < -0.4 is 0 Å². The van der Waals surface area contributed by atoms with E-state index in [4.69, 9.17) is 4.74 Å². The monoisotopic (exact) mass is 383 g/mol. The molecule has 8 heteroatoms. The first-order valence-electron chi connectivity index (χ1n) is 9.00. The molecule has 2 saturated heterocycles. The molecule has 27 heavy (non-hydrogen) atoms. The van der Waals surface area contributed by atoms with Gasteiger partial charge in [-0.2, -0.15) is 13.2 Å². The number of carboxylic acid groups (broad SMARTS) is 1. The maximum atomic E-state index is 13.2. The Labute approximate surface area is 154 Å². The molecule has 0 radical (unpaired) electrons. The molecule has 3 aliphatic rings. The molecule has 1 aromatic carbocycles. The molecule has 146 valence electrons. The Hall–Kier alpha value is -2.09. The number of hydrogen-bond donors (Lipinski definition) is 1. The van der Waals surface area contributed by atoms with Crippen LogP contribution in [-0.2, 0) is 20.5 Å². The summed E-state index contributed by atoms with van der Waals surface area (Å²) in [5, 5.41) is 9.69.